The average molecular weight is 362 g/mol. The van der Waals surface area contributed by atoms with Gasteiger partial charge in [0.15, 0.2) is 0 Å². The van der Waals surface area contributed by atoms with Gasteiger partial charge < -0.3 is 20.4 Å². The molecule has 0 unspecified atom stereocenters. The number of carbonyl (C=O) groups is 2. The van der Waals surface area contributed by atoms with Crippen molar-refractivity contribution in [3.63, 3.8) is 0 Å². The Bertz CT molecular complexity index is 852. The van der Waals surface area contributed by atoms with E-state index in [2.05, 4.69) is 0 Å². The summed E-state index contributed by atoms with van der Waals surface area (Å²) >= 11 is 5.64. The summed E-state index contributed by atoms with van der Waals surface area (Å²) < 4.78 is 0. The number of phenolic OH excluding ortho intramolecular Hbond substituents is 1. The summed E-state index contributed by atoms with van der Waals surface area (Å²) in [5.74, 6) is -3.03. The summed E-state index contributed by atoms with van der Waals surface area (Å²) in [7, 11) is 0. The van der Waals surface area contributed by atoms with Gasteiger partial charge in [-0.15, -0.1) is 0 Å². The molecule has 0 radical (unpaired) electrons. The van der Waals surface area contributed by atoms with E-state index in [4.69, 9.17) is 37.3 Å². The molecule has 2 rings (SSSR count). The first-order valence-corrected chi connectivity index (χ1v) is 6.98. The van der Waals surface area contributed by atoms with Crippen molar-refractivity contribution in [3.05, 3.63) is 64.2 Å². The second kappa shape index (κ2) is 8.96. The van der Waals surface area contributed by atoms with E-state index >= 15 is 0 Å². The molecule has 0 saturated heterocycles. The van der Waals surface area contributed by atoms with E-state index in [-0.39, 0.29) is 22.6 Å². The topological polar surface area (TPSA) is 139 Å². The quantitative estimate of drug-likeness (QED) is 0.374. The van der Waals surface area contributed by atoms with Crippen molar-refractivity contribution in [1.29, 1.82) is 5.26 Å². The van der Waals surface area contributed by atoms with Crippen LogP contribution in [-0.4, -0.2) is 32.4 Å². The number of aromatic carboxylic acids is 1. The van der Waals surface area contributed by atoms with Crippen LogP contribution in [0.15, 0.2) is 48.0 Å². The zero-order valence-electron chi connectivity index (χ0n) is 12.5. The molecule has 128 valence electrons. The molecule has 0 aliphatic rings. The lowest BCUT2D eigenvalue weighted by Gasteiger charge is -1.98. The molecule has 2 aromatic carbocycles. The summed E-state index contributed by atoms with van der Waals surface area (Å²) in [6.07, 6.45) is 1.29. The highest BCUT2D eigenvalue weighted by Gasteiger charge is 2.09. The molecule has 0 bridgehead atoms. The van der Waals surface area contributed by atoms with Crippen LogP contribution in [0.25, 0.3) is 6.08 Å². The summed E-state index contributed by atoms with van der Waals surface area (Å²) in [6.45, 7) is 0. The third-order valence-electron chi connectivity index (χ3n) is 2.74. The van der Waals surface area contributed by atoms with E-state index in [1.807, 2.05) is 0 Å². The highest BCUT2D eigenvalue weighted by Crippen LogP contribution is 2.21. The number of rotatable bonds is 3. The summed E-state index contributed by atoms with van der Waals surface area (Å²) in [5, 5.41) is 43.8. The van der Waals surface area contributed by atoms with Crippen LogP contribution in [0.5, 0.6) is 11.5 Å². The molecule has 0 atom stereocenters. The van der Waals surface area contributed by atoms with Crippen molar-refractivity contribution >= 4 is 29.6 Å². The fourth-order valence-corrected chi connectivity index (χ4v) is 1.69. The lowest BCUT2D eigenvalue weighted by Crippen LogP contribution is -1.97. The van der Waals surface area contributed by atoms with Crippen LogP contribution in [0.2, 0.25) is 5.02 Å². The molecular formula is C17H12ClNO6. The predicted molar refractivity (Wildman–Crippen MR) is 89.4 cm³/mol. The third kappa shape index (κ3) is 6.25. The maximum Gasteiger partial charge on any atom is 0.346 e. The number of nitriles is 1. The van der Waals surface area contributed by atoms with Gasteiger partial charge in [-0.3, -0.25) is 0 Å². The van der Waals surface area contributed by atoms with Gasteiger partial charge in [-0.05, 0) is 42.0 Å². The number of halogens is 1. The highest BCUT2D eigenvalue weighted by atomic mass is 35.5. The van der Waals surface area contributed by atoms with E-state index in [0.717, 1.165) is 12.1 Å². The van der Waals surface area contributed by atoms with Gasteiger partial charge in [-0.2, -0.15) is 5.26 Å². The van der Waals surface area contributed by atoms with E-state index in [1.54, 1.807) is 30.3 Å². The van der Waals surface area contributed by atoms with Crippen LogP contribution in [0.4, 0.5) is 0 Å². The maximum atomic E-state index is 10.5. The van der Waals surface area contributed by atoms with Crippen molar-refractivity contribution in [1.82, 2.24) is 0 Å². The van der Waals surface area contributed by atoms with Crippen LogP contribution in [0.1, 0.15) is 15.9 Å². The second-order valence-electron chi connectivity index (χ2n) is 4.53. The zero-order chi connectivity index (χ0) is 19.0. The minimum absolute atomic E-state index is 0.180. The van der Waals surface area contributed by atoms with Crippen molar-refractivity contribution in [2.75, 3.05) is 0 Å². The minimum atomic E-state index is -1.27. The average Bonchev–Trinajstić information content (AvgIpc) is 2.56. The Morgan fingerprint density at radius 3 is 2.08 bits per heavy atom. The van der Waals surface area contributed by atoms with E-state index < -0.39 is 11.9 Å². The molecule has 8 heteroatoms. The fraction of sp³-hybridized carbons (Fsp3) is 0. The number of benzene rings is 2. The summed E-state index contributed by atoms with van der Waals surface area (Å²) in [5.41, 5.74) is 0.0330. The first-order chi connectivity index (χ1) is 11.7. The standard InChI is InChI=1S/C10H6ClNO2.C7H6O4/c11-9-3-1-7(2-4-9)5-8(6-12)10(13)14;8-4-1-2-6(9)5(3-4)7(10)11/h1-5H,(H,13,14);1-3,8-9H,(H,10,11)/b8-5+;. The van der Waals surface area contributed by atoms with Gasteiger partial charge in [0.25, 0.3) is 0 Å². The molecular weight excluding hydrogens is 350 g/mol. The Morgan fingerprint density at radius 2 is 1.64 bits per heavy atom. The largest absolute Gasteiger partial charge is 0.508 e. The first kappa shape index (κ1) is 19.5. The van der Waals surface area contributed by atoms with Crippen molar-refractivity contribution in [2.45, 2.75) is 0 Å². The Labute approximate surface area is 147 Å². The van der Waals surface area contributed by atoms with Gasteiger partial charge >= 0.3 is 11.9 Å². The Hall–Kier alpha value is -3.50. The van der Waals surface area contributed by atoms with Gasteiger partial charge in [-0.1, -0.05) is 23.7 Å². The number of hydrogen-bond donors (Lipinski definition) is 4. The number of carboxylic acids is 2. The molecule has 25 heavy (non-hydrogen) atoms. The highest BCUT2D eigenvalue weighted by molar-refractivity contribution is 6.30. The number of nitrogens with zero attached hydrogens (tertiary/aromatic N) is 1. The second-order valence-corrected chi connectivity index (χ2v) is 4.97. The van der Waals surface area contributed by atoms with Crippen molar-refractivity contribution < 1.29 is 30.0 Å². The molecule has 0 aromatic heterocycles. The van der Waals surface area contributed by atoms with Gasteiger partial charge in [0.1, 0.15) is 28.7 Å². The summed E-state index contributed by atoms with van der Waals surface area (Å²) in [6, 6.07) is 11.5. The number of aromatic hydroxyl groups is 2. The van der Waals surface area contributed by atoms with Gasteiger partial charge in [0, 0.05) is 5.02 Å². The van der Waals surface area contributed by atoms with Gasteiger partial charge in [0.2, 0.25) is 0 Å². The SMILES string of the molecule is N#C/C(=C\c1ccc(Cl)cc1)C(=O)O.O=C(O)c1cc(O)ccc1O. The Balaban J connectivity index is 0.000000257. The minimum Gasteiger partial charge on any atom is -0.508 e. The zero-order valence-corrected chi connectivity index (χ0v) is 13.3. The van der Waals surface area contributed by atoms with E-state index in [9.17, 15) is 9.59 Å². The molecule has 0 saturated carbocycles. The number of phenols is 2. The summed E-state index contributed by atoms with van der Waals surface area (Å²) in [4.78, 5) is 20.8. The first-order valence-electron chi connectivity index (χ1n) is 6.60. The molecule has 0 spiro atoms. The monoisotopic (exact) mass is 361 g/mol. The van der Waals surface area contributed by atoms with Crippen LogP contribution in [-0.2, 0) is 4.79 Å². The normalized spacial score (nSPS) is 10.2. The molecule has 0 heterocycles. The molecule has 2 aromatic rings. The number of aliphatic carboxylic acids is 1. The van der Waals surface area contributed by atoms with Crippen molar-refractivity contribution in [2.24, 2.45) is 0 Å². The van der Waals surface area contributed by atoms with E-state index in [0.29, 0.717) is 10.6 Å². The lowest BCUT2D eigenvalue weighted by molar-refractivity contribution is -0.132. The molecule has 4 N–H and O–H groups in total. The van der Waals surface area contributed by atoms with Crippen LogP contribution >= 0.6 is 11.6 Å². The van der Waals surface area contributed by atoms with Gasteiger partial charge in [0.05, 0.1) is 0 Å². The van der Waals surface area contributed by atoms with E-state index in [1.165, 1.54) is 12.1 Å². The Kier molecular flexibility index (Phi) is 7.00. The molecule has 0 aliphatic carbocycles. The smallest absolute Gasteiger partial charge is 0.346 e. The van der Waals surface area contributed by atoms with Crippen LogP contribution in [0, 0.1) is 11.3 Å². The third-order valence-corrected chi connectivity index (χ3v) is 2.99. The van der Waals surface area contributed by atoms with Crippen LogP contribution in [0.3, 0.4) is 0 Å². The lowest BCUT2D eigenvalue weighted by atomic mass is 10.1. The molecule has 0 fully saturated rings. The van der Waals surface area contributed by atoms with Crippen molar-refractivity contribution in [3.8, 4) is 17.6 Å². The number of carboxylic acid groups (broad SMARTS) is 2. The molecule has 0 aliphatic heterocycles. The maximum absolute atomic E-state index is 10.5. The number of hydrogen-bond acceptors (Lipinski definition) is 5. The predicted octanol–water partition coefficient (Wildman–Crippen LogP) is 3.13. The fourth-order valence-electron chi connectivity index (χ4n) is 1.56. The Morgan fingerprint density at radius 1 is 1.04 bits per heavy atom. The molecule has 0 amide bonds. The van der Waals surface area contributed by atoms with Gasteiger partial charge in [-0.25, -0.2) is 9.59 Å². The molecule has 7 nitrogen and oxygen atoms in total. The van der Waals surface area contributed by atoms with Crippen LogP contribution < -0.4 is 0 Å².